The second kappa shape index (κ2) is 5.41. The fraction of sp³-hybridized carbons (Fsp3) is 0.200. The molecule has 0 aromatic heterocycles. The molecule has 0 saturated carbocycles. The van der Waals surface area contributed by atoms with Crippen LogP contribution in [0, 0.1) is 10.1 Å². The van der Waals surface area contributed by atoms with Crippen molar-refractivity contribution in [1.29, 1.82) is 0 Å². The van der Waals surface area contributed by atoms with Gasteiger partial charge < -0.3 is 15.2 Å². The van der Waals surface area contributed by atoms with Crippen LogP contribution in [0.15, 0.2) is 42.5 Å². The Hall–Kier alpha value is -2.60. The van der Waals surface area contributed by atoms with Crippen LogP contribution in [0.2, 0.25) is 0 Å². The third-order valence-electron chi connectivity index (χ3n) is 3.43. The Kier molecular flexibility index (Phi) is 3.45. The molecule has 0 amide bonds. The van der Waals surface area contributed by atoms with Gasteiger partial charge in [-0.25, -0.2) is 0 Å². The summed E-state index contributed by atoms with van der Waals surface area (Å²) in [6.07, 6.45) is 0.595. The summed E-state index contributed by atoms with van der Waals surface area (Å²) in [6.45, 7) is 0.233. The Bertz CT molecular complexity index is 670. The van der Waals surface area contributed by atoms with Gasteiger partial charge in [-0.2, -0.15) is 0 Å². The molecule has 2 N–H and O–H groups in total. The van der Waals surface area contributed by atoms with Crippen molar-refractivity contribution in [1.82, 2.24) is 0 Å². The molecule has 0 fully saturated rings. The van der Waals surface area contributed by atoms with Crippen molar-refractivity contribution in [2.24, 2.45) is 5.73 Å². The van der Waals surface area contributed by atoms with Crippen LogP contribution < -0.4 is 15.2 Å². The highest BCUT2D eigenvalue weighted by molar-refractivity contribution is 5.45. The molecule has 1 heterocycles. The molecular weight excluding hydrogens is 272 g/mol. The summed E-state index contributed by atoms with van der Waals surface area (Å²) in [5.41, 5.74) is 8.16. The summed E-state index contributed by atoms with van der Waals surface area (Å²) >= 11 is 0. The Morgan fingerprint density at radius 2 is 1.86 bits per heavy atom. The molecule has 1 atom stereocenters. The van der Waals surface area contributed by atoms with E-state index in [9.17, 15) is 10.1 Å². The number of rotatable bonds is 4. The molecular formula is C15H14N2O4. The van der Waals surface area contributed by atoms with Gasteiger partial charge in [0.2, 0.25) is 6.79 Å². The summed E-state index contributed by atoms with van der Waals surface area (Å²) in [5, 5.41) is 10.6. The van der Waals surface area contributed by atoms with E-state index >= 15 is 0 Å². The second-order valence-corrected chi connectivity index (χ2v) is 4.85. The highest BCUT2D eigenvalue weighted by Crippen LogP contribution is 2.34. The van der Waals surface area contributed by atoms with Crippen LogP contribution in [0.25, 0.3) is 0 Å². The van der Waals surface area contributed by atoms with E-state index < -0.39 is 4.92 Å². The number of hydrogen-bond acceptors (Lipinski definition) is 5. The Labute approximate surface area is 121 Å². The molecule has 0 spiro atoms. The van der Waals surface area contributed by atoms with Gasteiger partial charge in [0.25, 0.3) is 5.69 Å². The maximum atomic E-state index is 10.6. The number of fused-ring (bicyclic) bond motifs is 1. The van der Waals surface area contributed by atoms with Crippen molar-refractivity contribution in [3.8, 4) is 11.5 Å². The minimum absolute atomic E-state index is 0.0791. The van der Waals surface area contributed by atoms with E-state index in [1.54, 1.807) is 12.1 Å². The molecule has 2 aromatic carbocycles. The number of benzene rings is 2. The van der Waals surface area contributed by atoms with Crippen LogP contribution in [0.1, 0.15) is 17.2 Å². The minimum Gasteiger partial charge on any atom is -0.454 e. The van der Waals surface area contributed by atoms with Gasteiger partial charge in [0, 0.05) is 18.2 Å². The first-order chi connectivity index (χ1) is 10.1. The van der Waals surface area contributed by atoms with E-state index in [1.165, 1.54) is 12.1 Å². The molecule has 2 aromatic rings. The number of non-ortho nitro benzene ring substituents is 1. The molecule has 6 nitrogen and oxygen atoms in total. The lowest BCUT2D eigenvalue weighted by Crippen LogP contribution is -2.13. The van der Waals surface area contributed by atoms with Gasteiger partial charge in [-0.15, -0.1) is 0 Å². The Morgan fingerprint density at radius 3 is 2.57 bits per heavy atom. The topological polar surface area (TPSA) is 87.6 Å². The quantitative estimate of drug-likeness (QED) is 0.689. The lowest BCUT2D eigenvalue weighted by molar-refractivity contribution is -0.384. The maximum Gasteiger partial charge on any atom is 0.269 e. The van der Waals surface area contributed by atoms with Crippen LogP contribution in [0.4, 0.5) is 5.69 Å². The fourth-order valence-electron chi connectivity index (χ4n) is 2.27. The van der Waals surface area contributed by atoms with Gasteiger partial charge in [-0.1, -0.05) is 18.2 Å². The van der Waals surface area contributed by atoms with Crippen molar-refractivity contribution in [3.05, 3.63) is 63.7 Å². The predicted molar refractivity (Wildman–Crippen MR) is 76.3 cm³/mol. The molecule has 3 rings (SSSR count). The van der Waals surface area contributed by atoms with E-state index in [2.05, 4.69) is 0 Å². The van der Waals surface area contributed by atoms with Crippen molar-refractivity contribution in [2.75, 3.05) is 6.79 Å². The average molecular weight is 286 g/mol. The number of hydrogen-bond donors (Lipinski definition) is 1. The highest BCUT2D eigenvalue weighted by Gasteiger charge is 2.16. The summed E-state index contributed by atoms with van der Waals surface area (Å²) in [5.74, 6) is 1.42. The molecule has 0 radical (unpaired) electrons. The zero-order valence-electron chi connectivity index (χ0n) is 11.2. The van der Waals surface area contributed by atoms with Gasteiger partial charge in [0.15, 0.2) is 11.5 Å². The van der Waals surface area contributed by atoms with Crippen LogP contribution in [-0.4, -0.2) is 11.7 Å². The number of nitro benzene ring substituents is 1. The Morgan fingerprint density at radius 1 is 1.14 bits per heavy atom. The van der Waals surface area contributed by atoms with Gasteiger partial charge in [0.1, 0.15) is 0 Å². The van der Waals surface area contributed by atoms with Gasteiger partial charge in [0.05, 0.1) is 4.92 Å². The summed E-state index contributed by atoms with van der Waals surface area (Å²) in [4.78, 5) is 10.2. The molecule has 0 aliphatic carbocycles. The van der Waals surface area contributed by atoms with Gasteiger partial charge >= 0.3 is 0 Å². The van der Waals surface area contributed by atoms with E-state index in [4.69, 9.17) is 15.2 Å². The molecule has 6 heteroatoms. The van der Waals surface area contributed by atoms with E-state index in [1.807, 2.05) is 18.2 Å². The van der Waals surface area contributed by atoms with Crippen LogP contribution in [0.5, 0.6) is 11.5 Å². The first-order valence-electron chi connectivity index (χ1n) is 6.52. The molecule has 1 aliphatic heterocycles. The highest BCUT2D eigenvalue weighted by atomic mass is 16.7. The van der Waals surface area contributed by atoms with Crippen LogP contribution >= 0.6 is 0 Å². The number of nitrogens with zero attached hydrogens (tertiary/aromatic N) is 1. The van der Waals surface area contributed by atoms with E-state index in [0.29, 0.717) is 12.2 Å². The largest absolute Gasteiger partial charge is 0.454 e. The third-order valence-corrected chi connectivity index (χ3v) is 3.43. The number of ether oxygens (including phenoxy) is 2. The first kappa shape index (κ1) is 13.4. The third kappa shape index (κ3) is 2.80. The zero-order valence-corrected chi connectivity index (χ0v) is 11.2. The summed E-state index contributed by atoms with van der Waals surface area (Å²) < 4.78 is 10.6. The fourth-order valence-corrected chi connectivity index (χ4v) is 2.27. The molecule has 108 valence electrons. The minimum atomic E-state index is -0.415. The van der Waals surface area contributed by atoms with Crippen molar-refractivity contribution in [3.63, 3.8) is 0 Å². The van der Waals surface area contributed by atoms with E-state index in [0.717, 1.165) is 16.9 Å². The van der Waals surface area contributed by atoms with Crippen molar-refractivity contribution >= 4 is 5.69 Å². The molecule has 1 aliphatic rings. The molecule has 21 heavy (non-hydrogen) atoms. The zero-order chi connectivity index (χ0) is 14.8. The number of nitro groups is 1. The lowest BCUT2D eigenvalue weighted by atomic mass is 9.99. The predicted octanol–water partition coefficient (Wildman–Crippen LogP) is 2.57. The van der Waals surface area contributed by atoms with Gasteiger partial charge in [-0.05, 0) is 29.7 Å². The van der Waals surface area contributed by atoms with Crippen LogP contribution in [0.3, 0.4) is 0 Å². The van der Waals surface area contributed by atoms with E-state index in [-0.39, 0.29) is 18.5 Å². The molecule has 0 saturated heterocycles. The SMILES string of the molecule is NC(Cc1ccc([N+](=O)[O-])cc1)c1ccc2c(c1)OCO2. The summed E-state index contributed by atoms with van der Waals surface area (Å²) in [6, 6.07) is 11.8. The monoisotopic (exact) mass is 286 g/mol. The van der Waals surface area contributed by atoms with Crippen LogP contribution in [-0.2, 0) is 6.42 Å². The maximum absolute atomic E-state index is 10.6. The van der Waals surface area contributed by atoms with Gasteiger partial charge in [-0.3, -0.25) is 10.1 Å². The second-order valence-electron chi connectivity index (χ2n) is 4.85. The number of nitrogens with two attached hydrogens (primary N) is 1. The summed E-state index contributed by atoms with van der Waals surface area (Å²) in [7, 11) is 0. The molecule has 0 bridgehead atoms. The molecule has 1 unspecified atom stereocenters. The Balaban J connectivity index is 1.73. The lowest BCUT2D eigenvalue weighted by Gasteiger charge is -2.12. The average Bonchev–Trinajstić information content (AvgIpc) is 2.95. The smallest absolute Gasteiger partial charge is 0.269 e. The normalized spacial score (nSPS) is 14.0. The first-order valence-corrected chi connectivity index (χ1v) is 6.52. The standard InChI is InChI=1S/C15H14N2O4/c16-13(7-10-1-4-12(5-2-10)17(18)19)11-3-6-14-15(8-11)21-9-20-14/h1-6,8,13H,7,9,16H2. The van der Waals surface area contributed by atoms with Crippen molar-refractivity contribution < 1.29 is 14.4 Å². The van der Waals surface area contributed by atoms with Crippen molar-refractivity contribution in [2.45, 2.75) is 12.5 Å².